The first-order valence-corrected chi connectivity index (χ1v) is 14.0. The first-order chi connectivity index (χ1) is 15.5. The SMILES string of the molecule is CC(=O)OC1CCC2(C)C(=CCC3C2CCC2(C)C(=C(C)CC(C)C(C)C(C)C)CCC32)C1. The molecule has 0 saturated heterocycles. The molecule has 4 aliphatic carbocycles. The van der Waals surface area contributed by atoms with E-state index in [9.17, 15) is 4.79 Å². The van der Waals surface area contributed by atoms with Crippen molar-refractivity contribution in [3.63, 3.8) is 0 Å². The Labute approximate surface area is 204 Å². The molecule has 2 nitrogen and oxygen atoms in total. The van der Waals surface area contributed by atoms with Gasteiger partial charge in [-0.15, -0.1) is 0 Å². The second kappa shape index (κ2) is 9.19. The van der Waals surface area contributed by atoms with Crippen LogP contribution in [-0.2, 0) is 9.53 Å². The van der Waals surface area contributed by atoms with Crippen LogP contribution in [0.25, 0.3) is 0 Å². The molecule has 33 heavy (non-hydrogen) atoms. The Morgan fingerprint density at radius 3 is 2.36 bits per heavy atom. The fraction of sp³-hybridized carbons (Fsp3) is 0.839. The molecule has 0 radical (unpaired) electrons. The molecule has 0 bridgehead atoms. The average molecular weight is 455 g/mol. The van der Waals surface area contributed by atoms with Gasteiger partial charge in [-0.05, 0) is 105 Å². The van der Waals surface area contributed by atoms with Gasteiger partial charge in [0, 0.05) is 13.3 Å². The van der Waals surface area contributed by atoms with E-state index in [2.05, 4.69) is 54.5 Å². The summed E-state index contributed by atoms with van der Waals surface area (Å²) in [5.41, 5.74) is 5.91. The Hall–Kier alpha value is -1.05. The largest absolute Gasteiger partial charge is 0.462 e. The molecule has 4 aliphatic rings. The van der Waals surface area contributed by atoms with Crippen molar-refractivity contribution >= 4 is 5.97 Å². The predicted octanol–water partition coefficient (Wildman–Crippen LogP) is 8.52. The van der Waals surface area contributed by atoms with Crippen LogP contribution in [0.3, 0.4) is 0 Å². The van der Waals surface area contributed by atoms with E-state index in [-0.39, 0.29) is 12.1 Å². The minimum atomic E-state index is -0.121. The van der Waals surface area contributed by atoms with Gasteiger partial charge in [-0.25, -0.2) is 0 Å². The first-order valence-electron chi connectivity index (χ1n) is 14.0. The van der Waals surface area contributed by atoms with Gasteiger partial charge in [0.15, 0.2) is 0 Å². The summed E-state index contributed by atoms with van der Waals surface area (Å²) >= 11 is 0. The lowest BCUT2D eigenvalue weighted by Crippen LogP contribution is -2.49. The normalized spacial score (nSPS) is 41.4. The molecule has 0 aliphatic heterocycles. The van der Waals surface area contributed by atoms with E-state index in [4.69, 9.17) is 4.74 Å². The summed E-state index contributed by atoms with van der Waals surface area (Å²) in [7, 11) is 0. The van der Waals surface area contributed by atoms with Crippen LogP contribution in [0.4, 0.5) is 0 Å². The second-order valence-electron chi connectivity index (χ2n) is 13.3. The van der Waals surface area contributed by atoms with Gasteiger partial charge >= 0.3 is 5.97 Å². The summed E-state index contributed by atoms with van der Waals surface area (Å²) in [5.74, 6) is 4.69. The Balaban J connectivity index is 1.53. The number of carbonyl (C=O) groups excluding carboxylic acids is 1. The van der Waals surface area contributed by atoms with Crippen LogP contribution in [-0.4, -0.2) is 12.1 Å². The number of ether oxygens (including phenoxy) is 1. The van der Waals surface area contributed by atoms with Gasteiger partial charge < -0.3 is 4.74 Å². The summed E-state index contributed by atoms with van der Waals surface area (Å²) in [5, 5.41) is 0. The van der Waals surface area contributed by atoms with Gasteiger partial charge in [-0.3, -0.25) is 4.79 Å². The van der Waals surface area contributed by atoms with E-state index in [1.807, 2.05) is 5.57 Å². The molecule has 0 spiro atoms. The zero-order valence-electron chi connectivity index (χ0n) is 22.8. The third kappa shape index (κ3) is 4.38. The molecule has 0 aromatic heterocycles. The van der Waals surface area contributed by atoms with E-state index in [1.165, 1.54) is 44.9 Å². The summed E-state index contributed by atoms with van der Waals surface area (Å²) in [6.07, 6.45) is 13.9. The Morgan fingerprint density at radius 1 is 1.03 bits per heavy atom. The van der Waals surface area contributed by atoms with Crippen molar-refractivity contribution in [3.8, 4) is 0 Å². The van der Waals surface area contributed by atoms with Crippen molar-refractivity contribution < 1.29 is 9.53 Å². The van der Waals surface area contributed by atoms with E-state index in [0.717, 1.165) is 48.3 Å². The highest BCUT2D eigenvalue weighted by atomic mass is 16.5. The lowest BCUT2D eigenvalue weighted by atomic mass is 9.47. The van der Waals surface area contributed by atoms with Crippen LogP contribution in [0, 0.1) is 46.3 Å². The standard InChI is InChI=1S/C31H50O2/c1-19(2)22(5)20(3)17-21(4)27-11-12-28-26-10-9-24-18-25(33-23(6)32)13-15-30(24,7)29(26)14-16-31(27,28)8/h9,19-20,22,25-26,28-29H,10-18H2,1-8H3. The quantitative estimate of drug-likeness (QED) is 0.307. The number of hydrogen-bond acceptors (Lipinski definition) is 2. The Kier molecular flexibility index (Phi) is 6.98. The highest BCUT2D eigenvalue weighted by molar-refractivity contribution is 5.66. The molecule has 3 saturated carbocycles. The number of allylic oxidation sites excluding steroid dienone is 3. The smallest absolute Gasteiger partial charge is 0.302 e. The molecule has 8 unspecified atom stereocenters. The zero-order valence-corrected chi connectivity index (χ0v) is 22.8. The van der Waals surface area contributed by atoms with E-state index < -0.39 is 0 Å². The van der Waals surface area contributed by atoms with Crippen molar-refractivity contribution in [2.24, 2.45) is 46.3 Å². The third-order valence-electron chi connectivity index (χ3n) is 11.3. The second-order valence-corrected chi connectivity index (χ2v) is 13.3. The fourth-order valence-electron chi connectivity index (χ4n) is 8.93. The summed E-state index contributed by atoms with van der Waals surface area (Å²) in [4.78, 5) is 11.5. The molecule has 4 rings (SSSR count). The van der Waals surface area contributed by atoms with Gasteiger partial charge in [-0.2, -0.15) is 0 Å². The van der Waals surface area contributed by atoms with Crippen LogP contribution in [0.15, 0.2) is 22.8 Å². The monoisotopic (exact) mass is 454 g/mol. The molecule has 0 N–H and O–H groups in total. The maximum absolute atomic E-state index is 11.5. The molecular formula is C31H50O2. The van der Waals surface area contributed by atoms with Crippen molar-refractivity contribution in [1.82, 2.24) is 0 Å². The maximum atomic E-state index is 11.5. The Morgan fingerprint density at radius 2 is 1.70 bits per heavy atom. The molecule has 186 valence electrons. The molecular weight excluding hydrogens is 404 g/mol. The highest BCUT2D eigenvalue weighted by Crippen LogP contribution is 2.66. The minimum Gasteiger partial charge on any atom is -0.462 e. The maximum Gasteiger partial charge on any atom is 0.302 e. The predicted molar refractivity (Wildman–Crippen MR) is 138 cm³/mol. The molecule has 2 heteroatoms. The van der Waals surface area contributed by atoms with Crippen molar-refractivity contribution in [2.45, 2.75) is 119 Å². The van der Waals surface area contributed by atoms with E-state index >= 15 is 0 Å². The number of carbonyl (C=O) groups is 1. The molecule has 0 aromatic rings. The van der Waals surface area contributed by atoms with Crippen LogP contribution >= 0.6 is 0 Å². The minimum absolute atomic E-state index is 0.103. The van der Waals surface area contributed by atoms with Gasteiger partial charge in [-0.1, -0.05) is 64.3 Å². The summed E-state index contributed by atoms with van der Waals surface area (Å²) < 4.78 is 5.62. The van der Waals surface area contributed by atoms with Gasteiger partial charge in [0.05, 0.1) is 0 Å². The first kappa shape index (κ1) is 25.1. The number of fused-ring (bicyclic) bond motifs is 5. The molecule has 0 amide bonds. The van der Waals surface area contributed by atoms with Crippen LogP contribution in [0.2, 0.25) is 0 Å². The van der Waals surface area contributed by atoms with Crippen molar-refractivity contribution in [1.29, 1.82) is 0 Å². The van der Waals surface area contributed by atoms with E-state index in [1.54, 1.807) is 18.1 Å². The van der Waals surface area contributed by atoms with E-state index in [0.29, 0.717) is 10.8 Å². The lowest BCUT2D eigenvalue weighted by molar-refractivity contribution is -0.148. The number of esters is 1. The zero-order chi connectivity index (χ0) is 24.1. The molecule has 3 fully saturated rings. The summed E-state index contributed by atoms with van der Waals surface area (Å²) in [6, 6.07) is 0. The topological polar surface area (TPSA) is 26.3 Å². The van der Waals surface area contributed by atoms with Crippen LogP contribution < -0.4 is 0 Å². The van der Waals surface area contributed by atoms with Gasteiger partial charge in [0.1, 0.15) is 6.10 Å². The number of rotatable bonds is 5. The van der Waals surface area contributed by atoms with Crippen LogP contribution in [0.5, 0.6) is 0 Å². The summed E-state index contributed by atoms with van der Waals surface area (Å²) in [6.45, 7) is 18.9. The highest BCUT2D eigenvalue weighted by Gasteiger charge is 2.57. The molecule has 8 atom stereocenters. The molecule has 0 heterocycles. The third-order valence-corrected chi connectivity index (χ3v) is 11.3. The van der Waals surface area contributed by atoms with Crippen molar-refractivity contribution in [2.75, 3.05) is 0 Å². The number of hydrogen-bond donors (Lipinski definition) is 0. The lowest BCUT2D eigenvalue weighted by Gasteiger charge is -2.57. The average Bonchev–Trinajstić information content (AvgIpc) is 3.10. The van der Waals surface area contributed by atoms with Crippen LogP contribution in [0.1, 0.15) is 113 Å². The van der Waals surface area contributed by atoms with Crippen molar-refractivity contribution in [3.05, 3.63) is 22.8 Å². The van der Waals surface area contributed by atoms with Gasteiger partial charge in [0.25, 0.3) is 0 Å². The molecule has 0 aromatic carbocycles. The Bertz CT molecular complexity index is 819. The fourth-order valence-corrected chi connectivity index (χ4v) is 8.93. The van der Waals surface area contributed by atoms with Gasteiger partial charge in [0.2, 0.25) is 0 Å².